The highest BCUT2D eigenvalue weighted by molar-refractivity contribution is 5.80. The molecule has 4 saturated heterocycles. The first kappa shape index (κ1) is 21.0. The van der Waals surface area contributed by atoms with E-state index in [1.165, 1.54) is 11.3 Å². The summed E-state index contributed by atoms with van der Waals surface area (Å²) in [5, 5.41) is 8.08. The van der Waals surface area contributed by atoms with Crippen molar-refractivity contribution in [2.24, 2.45) is 5.92 Å². The Labute approximate surface area is 210 Å². The predicted octanol–water partition coefficient (Wildman–Crippen LogP) is 3.38. The van der Waals surface area contributed by atoms with Crippen molar-refractivity contribution in [2.75, 3.05) is 31.1 Å². The van der Waals surface area contributed by atoms with Gasteiger partial charge >= 0.3 is 6.03 Å². The molecular formula is C28H32N6O2. The number of aromatic nitrogens is 3. The van der Waals surface area contributed by atoms with Crippen LogP contribution in [0.5, 0.6) is 0 Å². The van der Waals surface area contributed by atoms with Crippen LogP contribution >= 0.6 is 0 Å². The molecular weight excluding hydrogens is 452 g/mol. The number of aryl methyl sites for hydroxylation is 1. The Morgan fingerprint density at radius 2 is 2.00 bits per heavy atom. The van der Waals surface area contributed by atoms with E-state index in [0.717, 1.165) is 62.4 Å². The molecule has 2 bridgehead atoms. The number of urea groups is 1. The van der Waals surface area contributed by atoms with E-state index >= 15 is 0 Å². The van der Waals surface area contributed by atoms with Crippen molar-refractivity contribution in [1.29, 1.82) is 0 Å². The molecule has 2 saturated carbocycles. The van der Waals surface area contributed by atoms with Gasteiger partial charge in [-0.05, 0) is 49.8 Å². The van der Waals surface area contributed by atoms with Gasteiger partial charge in [0.15, 0.2) is 17.1 Å². The second-order valence-corrected chi connectivity index (χ2v) is 12.0. The second kappa shape index (κ2) is 6.79. The number of amides is 2. The predicted molar refractivity (Wildman–Crippen MR) is 135 cm³/mol. The molecule has 1 N–H and O–H groups in total. The van der Waals surface area contributed by atoms with Gasteiger partial charge in [-0.25, -0.2) is 14.3 Å². The summed E-state index contributed by atoms with van der Waals surface area (Å²) in [6, 6.07) is 13.2. The molecule has 4 atom stereocenters. The number of pyridine rings is 1. The molecule has 6 fully saturated rings. The fourth-order valence-electron chi connectivity index (χ4n) is 7.45. The Morgan fingerprint density at radius 1 is 1.17 bits per heavy atom. The average Bonchev–Trinajstić information content (AvgIpc) is 3.35. The summed E-state index contributed by atoms with van der Waals surface area (Å²) in [6.07, 6.45) is 6.28. The third kappa shape index (κ3) is 2.65. The van der Waals surface area contributed by atoms with Gasteiger partial charge in [0, 0.05) is 31.0 Å². The van der Waals surface area contributed by atoms with Crippen molar-refractivity contribution in [3.63, 3.8) is 0 Å². The first-order valence-electron chi connectivity index (χ1n) is 13.3. The highest BCUT2D eigenvalue weighted by Crippen LogP contribution is 2.61. The van der Waals surface area contributed by atoms with Gasteiger partial charge in [-0.2, -0.15) is 0 Å². The Morgan fingerprint density at radius 3 is 2.78 bits per heavy atom. The molecule has 2 aromatic heterocycles. The van der Waals surface area contributed by atoms with Crippen LogP contribution in [0.2, 0.25) is 0 Å². The molecule has 8 nitrogen and oxygen atoms in total. The minimum atomic E-state index is -0.583. The number of nitrogens with one attached hydrogen (secondary N) is 1. The quantitative estimate of drug-likeness (QED) is 0.615. The summed E-state index contributed by atoms with van der Waals surface area (Å²) in [6.45, 7) is 7.91. The number of nitrogens with zero attached hydrogens (tertiary/aromatic N) is 5. The maximum absolute atomic E-state index is 12.8. The maximum Gasteiger partial charge on any atom is 0.318 e. The molecule has 186 valence electrons. The summed E-state index contributed by atoms with van der Waals surface area (Å²) in [5.41, 5.74) is 4.10. The van der Waals surface area contributed by atoms with E-state index < -0.39 is 5.60 Å². The van der Waals surface area contributed by atoms with Crippen LogP contribution in [-0.4, -0.2) is 63.4 Å². The maximum atomic E-state index is 12.8. The summed E-state index contributed by atoms with van der Waals surface area (Å²) >= 11 is 0. The summed E-state index contributed by atoms with van der Waals surface area (Å²) in [4.78, 5) is 22.4. The van der Waals surface area contributed by atoms with Crippen LogP contribution in [0.1, 0.15) is 49.6 Å². The monoisotopic (exact) mass is 484 g/mol. The van der Waals surface area contributed by atoms with E-state index in [9.17, 15) is 4.79 Å². The van der Waals surface area contributed by atoms with Gasteiger partial charge in [0.25, 0.3) is 0 Å². The number of hydrogen-bond acceptors (Lipinski definition) is 5. The molecule has 0 radical (unpaired) electrons. The lowest BCUT2D eigenvalue weighted by Crippen LogP contribution is -2.63. The lowest BCUT2D eigenvalue weighted by molar-refractivity contribution is -0.0834. The van der Waals surface area contributed by atoms with E-state index in [1.807, 2.05) is 4.52 Å². The molecule has 3 unspecified atom stereocenters. The Kier molecular flexibility index (Phi) is 3.96. The van der Waals surface area contributed by atoms with E-state index in [4.69, 9.17) is 14.8 Å². The van der Waals surface area contributed by atoms with Crippen LogP contribution in [0.4, 0.5) is 10.5 Å². The molecule has 2 amide bonds. The van der Waals surface area contributed by atoms with Crippen molar-refractivity contribution in [3.8, 4) is 0 Å². The standard InChI is InChI=1S/C28H32N6O2/c1-18-12-21(32-11-10-26(2,17-32)20-6-4-3-5-7-20)14-33-23(18)30-24(31-33)28-13-19(15-36-28)22(28)34-25(35)29-16-27(34)8-9-27/h3-7,12,14,19,22H,8-11,13,15-17H2,1-2H3,(H,29,35)/t19?,22?,26-,28?/m0/s1. The van der Waals surface area contributed by atoms with Gasteiger partial charge in [0.05, 0.1) is 30.1 Å². The minimum Gasteiger partial charge on any atom is -0.369 e. The first-order valence-corrected chi connectivity index (χ1v) is 13.3. The number of anilines is 1. The van der Waals surface area contributed by atoms with E-state index in [-0.39, 0.29) is 23.0 Å². The number of carbonyl (C=O) groups is 1. The van der Waals surface area contributed by atoms with E-state index in [2.05, 4.69) is 71.6 Å². The Balaban J connectivity index is 1.13. The number of carbonyl (C=O) groups excluding carboxylic acids is 1. The number of benzene rings is 1. The number of rotatable bonds is 4. The average molecular weight is 485 g/mol. The molecule has 4 aliphatic heterocycles. The van der Waals surface area contributed by atoms with Gasteiger partial charge in [-0.1, -0.05) is 37.3 Å². The first-order chi connectivity index (χ1) is 17.4. The van der Waals surface area contributed by atoms with Crippen LogP contribution in [0.3, 0.4) is 0 Å². The molecule has 6 aliphatic rings. The fourth-order valence-corrected chi connectivity index (χ4v) is 7.45. The Bertz CT molecular complexity index is 1400. The van der Waals surface area contributed by atoms with E-state index in [1.54, 1.807) is 0 Å². The largest absolute Gasteiger partial charge is 0.369 e. The number of hydrogen-bond donors (Lipinski definition) is 1. The molecule has 6 heterocycles. The van der Waals surface area contributed by atoms with Crippen LogP contribution < -0.4 is 10.2 Å². The van der Waals surface area contributed by atoms with E-state index in [0.29, 0.717) is 12.5 Å². The summed E-state index contributed by atoms with van der Waals surface area (Å²) in [5.74, 6) is 1.10. The van der Waals surface area contributed by atoms with Gasteiger partial charge in [-0.15, -0.1) is 5.10 Å². The minimum absolute atomic E-state index is 0.0111. The third-order valence-corrected chi connectivity index (χ3v) is 9.74. The zero-order chi connectivity index (χ0) is 24.3. The highest BCUT2D eigenvalue weighted by Gasteiger charge is 2.72. The van der Waals surface area contributed by atoms with Crippen molar-refractivity contribution >= 4 is 17.4 Å². The van der Waals surface area contributed by atoms with Gasteiger partial charge in [-0.3, -0.25) is 0 Å². The SMILES string of the molecule is Cc1cc(N2CC[C@](C)(c3ccccc3)C2)cn2nc(C34CC(CO3)C4N3C(=O)NCC34CC4)nc12. The lowest BCUT2D eigenvalue weighted by atomic mass is 9.67. The Hall–Kier alpha value is -3.13. The zero-order valence-electron chi connectivity index (χ0n) is 20.9. The van der Waals surface area contributed by atoms with Crippen molar-refractivity contribution in [1.82, 2.24) is 24.8 Å². The van der Waals surface area contributed by atoms with Crippen LogP contribution in [0.25, 0.3) is 5.65 Å². The van der Waals surface area contributed by atoms with Gasteiger partial charge in [0.2, 0.25) is 0 Å². The normalized spacial score (nSPS) is 34.0. The van der Waals surface area contributed by atoms with Crippen LogP contribution in [0, 0.1) is 12.8 Å². The molecule has 36 heavy (non-hydrogen) atoms. The van der Waals surface area contributed by atoms with Crippen LogP contribution in [0.15, 0.2) is 42.6 Å². The molecule has 1 aromatic carbocycles. The lowest BCUT2D eigenvalue weighted by Gasteiger charge is -2.49. The van der Waals surface area contributed by atoms with Crippen molar-refractivity contribution in [3.05, 3.63) is 59.5 Å². The number of fused-ring (bicyclic) bond motifs is 2. The topological polar surface area (TPSA) is 75.0 Å². The van der Waals surface area contributed by atoms with Gasteiger partial charge < -0.3 is 19.9 Å². The van der Waals surface area contributed by atoms with Gasteiger partial charge in [0.1, 0.15) is 0 Å². The molecule has 8 heteroatoms. The van der Waals surface area contributed by atoms with Crippen molar-refractivity contribution < 1.29 is 9.53 Å². The fraction of sp³-hybridized carbons (Fsp3) is 0.536. The molecule has 9 rings (SSSR count). The number of ether oxygens (including phenoxy) is 1. The highest BCUT2D eigenvalue weighted by atomic mass is 16.5. The smallest absolute Gasteiger partial charge is 0.318 e. The summed E-state index contributed by atoms with van der Waals surface area (Å²) < 4.78 is 8.34. The zero-order valence-corrected chi connectivity index (χ0v) is 20.9. The third-order valence-electron chi connectivity index (χ3n) is 9.74. The molecule has 3 aromatic rings. The van der Waals surface area contributed by atoms with Crippen molar-refractivity contribution in [2.45, 2.75) is 62.1 Å². The summed E-state index contributed by atoms with van der Waals surface area (Å²) in [7, 11) is 0. The van der Waals surface area contributed by atoms with Crippen LogP contribution in [-0.2, 0) is 15.8 Å². The second-order valence-electron chi connectivity index (χ2n) is 12.0. The molecule has 2 aliphatic carbocycles. The molecule has 1 spiro atoms.